The van der Waals surface area contributed by atoms with Crippen LogP contribution in [-0.2, 0) is 11.3 Å². The number of carbonyl (C=O) groups excluding carboxylic acids is 1. The van der Waals surface area contributed by atoms with E-state index in [1.165, 1.54) is 0 Å². The van der Waals surface area contributed by atoms with Gasteiger partial charge < -0.3 is 14.8 Å². The highest BCUT2D eigenvalue weighted by Gasteiger charge is 2.29. The number of methoxy groups -OCH3 is 1. The molecule has 8 heteroatoms. The molecule has 0 aliphatic heterocycles. The third kappa shape index (κ3) is 4.63. The Kier molecular flexibility index (Phi) is 6.22. The molecule has 8 nitrogen and oxygen atoms in total. The van der Waals surface area contributed by atoms with Crippen molar-refractivity contribution >= 4 is 16.9 Å². The summed E-state index contributed by atoms with van der Waals surface area (Å²) in [4.78, 5) is 22.7. The van der Waals surface area contributed by atoms with Gasteiger partial charge in [0.1, 0.15) is 12.4 Å². The Labute approximate surface area is 197 Å². The number of fused-ring (bicyclic) bond motifs is 1. The van der Waals surface area contributed by atoms with Gasteiger partial charge in [-0.25, -0.2) is 9.97 Å². The normalized spacial score (nSPS) is 13.2. The zero-order valence-electron chi connectivity index (χ0n) is 19.3. The highest BCUT2D eigenvalue weighted by Crippen LogP contribution is 2.40. The van der Waals surface area contributed by atoms with Crippen molar-refractivity contribution in [3.05, 3.63) is 77.2 Å². The molecule has 1 aliphatic carbocycles. The average molecular weight is 458 g/mol. The molecule has 0 atom stereocenters. The van der Waals surface area contributed by atoms with Gasteiger partial charge in [-0.05, 0) is 55.7 Å². The lowest BCUT2D eigenvalue weighted by Crippen LogP contribution is -2.23. The summed E-state index contributed by atoms with van der Waals surface area (Å²) in [5, 5.41) is 8.49. The van der Waals surface area contributed by atoms with Gasteiger partial charge in [-0.15, -0.1) is 0 Å². The molecule has 0 spiro atoms. The van der Waals surface area contributed by atoms with E-state index in [1.54, 1.807) is 18.0 Å². The highest BCUT2D eigenvalue weighted by molar-refractivity contribution is 6.06. The highest BCUT2D eigenvalue weighted by atomic mass is 16.5. The largest absolute Gasteiger partial charge is 0.491 e. The van der Waals surface area contributed by atoms with Crippen LogP contribution in [0.15, 0.2) is 54.7 Å². The Morgan fingerprint density at radius 1 is 1.15 bits per heavy atom. The number of ether oxygens (including phenoxy) is 2. The molecular weight excluding hydrogens is 430 g/mol. The van der Waals surface area contributed by atoms with Crippen molar-refractivity contribution in [2.24, 2.45) is 0 Å². The monoisotopic (exact) mass is 457 g/mol. The number of hydrogen-bond donors (Lipinski definition) is 1. The molecule has 1 aromatic carbocycles. The summed E-state index contributed by atoms with van der Waals surface area (Å²) >= 11 is 0. The van der Waals surface area contributed by atoms with Gasteiger partial charge >= 0.3 is 0 Å². The van der Waals surface area contributed by atoms with Gasteiger partial charge in [0.05, 0.1) is 23.3 Å². The summed E-state index contributed by atoms with van der Waals surface area (Å²) in [5.41, 5.74) is 3.95. The number of carbonyl (C=O) groups is 1. The maximum atomic E-state index is 13.3. The first-order valence-electron chi connectivity index (χ1n) is 11.4. The number of benzene rings is 1. The number of nitrogens with zero attached hydrogens (tertiary/aromatic N) is 4. The van der Waals surface area contributed by atoms with Crippen molar-refractivity contribution in [3.8, 4) is 11.6 Å². The molecule has 1 aliphatic rings. The fraction of sp³-hybridized carbons (Fsp3) is 0.308. The lowest BCUT2D eigenvalue weighted by molar-refractivity contribution is 0.0952. The van der Waals surface area contributed by atoms with E-state index in [1.807, 2.05) is 55.5 Å². The van der Waals surface area contributed by atoms with Crippen LogP contribution in [0.3, 0.4) is 0 Å². The van der Waals surface area contributed by atoms with Crippen molar-refractivity contribution in [2.75, 3.05) is 20.3 Å². The number of pyridine rings is 2. The summed E-state index contributed by atoms with van der Waals surface area (Å²) in [7, 11) is 1.64. The Bertz CT molecular complexity index is 1300. The molecule has 0 radical (unpaired) electrons. The maximum absolute atomic E-state index is 13.3. The minimum atomic E-state index is -0.140. The number of hydrogen-bond acceptors (Lipinski definition) is 6. The predicted octanol–water partition coefficient (Wildman–Crippen LogP) is 3.96. The second-order valence-electron chi connectivity index (χ2n) is 8.42. The molecular formula is C26H27N5O3. The lowest BCUT2D eigenvalue weighted by atomic mass is 10.1. The van der Waals surface area contributed by atoms with Gasteiger partial charge in [-0.2, -0.15) is 9.78 Å². The fourth-order valence-electron chi connectivity index (χ4n) is 3.94. The van der Waals surface area contributed by atoms with Crippen LogP contribution in [0.2, 0.25) is 0 Å². The van der Waals surface area contributed by atoms with Gasteiger partial charge in [0.15, 0.2) is 11.5 Å². The molecule has 0 saturated heterocycles. The van der Waals surface area contributed by atoms with Crippen LogP contribution < -0.4 is 10.1 Å². The summed E-state index contributed by atoms with van der Waals surface area (Å²) in [5.74, 6) is 1.71. The molecule has 1 fully saturated rings. The van der Waals surface area contributed by atoms with Crippen LogP contribution in [0.1, 0.15) is 46.1 Å². The first-order chi connectivity index (χ1) is 16.6. The molecule has 174 valence electrons. The van der Waals surface area contributed by atoms with Crippen molar-refractivity contribution in [1.29, 1.82) is 0 Å². The molecule has 34 heavy (non-hydrogen) atoms. The third-order valence-electron chi connectivity index (χ3n) is 5.87. The first kappa shape index (κ1) is 22.0. The lowest BCUT2D eigenvalue weighted by Gasteiger charge is -2.10. The third-order valence-corrected chi connectivity index (χ3v) is 5.87. The van der Waals surface area contributed by atoms with Crippen molar-refractivity contribution in [2.45, 2.75) is 32.2 Å². The van der Waals surface area contributed by atoms with E-state index in [0.717, 1.165) is 40.9 Å². The zero-order valence-corrected chi connectivity index (χ0v) is 19.3. The van der Waals surface area contributed by atoms with Crippen LogP contribution in [0.4, 0.5) is 0 Å². The van der Waals surface area contributed by atoms with Crippen LogP contribution >= 0.6 is 0 Å². The summed E-state index contributed by atoms with van der Waals surface area (Å²) in [6.45, 7) is 3.35. The minimum Gasteiger partial charge on any atom is -0.491 e. The van der Waals surface area contributed by atoms with Gasteiger partial charge in [0.25, 0.3) is 5.91 Å². The smallest absolute Gasteiger partial charge is 0.252 e. The van der Waals surface area contributed by atoms with Crippen LogP contribution in [0.5, 0.6) is 5.75 Å². The molecule has 4 aromatic rings. The van der Waals surface area contributed by atoms with Crippen LogP contribution in [0.25, 0.3) is 16.9 Å². The van der Waals surface area contributed by atoms with Crippen LogP contribution in [-0.4, -0.2) is 46.0 Å². The van der Waals surface area contributed by atoms with E-state index in [9.17, 15) is 4.79 Å². The quantitative estimate of drug-likeness (QED) is 0.383. The van der Waals surface area contributed by atoms with E-state index in [2.05, 4.69) is 15.4 Å². The second-order valence-corrected chi connectivity index (χ2v) is 8.42. The van der Waals surface area contributed by atoms with Gasteiger partial charge in [-0.3, -0.25) is 4.79 Å². The standard InChI is InChI=1S/C26H27N5O3/c1-17-24-21(26(32)28-16-18-6-10-20(11-7-18)34-14-13-33-2)15-22(19-8-9-19)29-25(24)31(30-17)23-5-3-4-12-27-23/h3-7,10-12,15,19H,8-9,13-14,16H2,1-2H3,(H,28,32). The Balaban J connectivity index is 1.40. The van der Waals surface area contributed by atoms with Crippen molar-refractivity contribution < 1.29 is 14.3 Å². The Morgan fingerprint density at radius 2 is 1.97 bits per heavy atom. The SMILES string of the molecule is COCCOc1ccc(CNC(=O)c2cc(C3CC3)nc3c2c(C)nn3-c2ccccn2)cc1. The minimum absolute atomic E-state index is 0.140. The van der Waals surface area contributed by atoms with E-state index in [4.69, 9.17) is 14.5 Å². The Hall–Kier alpha value is -3.78. The molecule has 0 unspecified atom stereocenters. The first-order valence-corrected chi connectivity index (χ1v) is 11.4. The van der Waals surface area contributed by atoms with Crippen molar-refractivity contribution in [3.63, 3.8) is 0 Å². The molecule has 3 aromatic heterocycles. The van der Waals surface area contributed by atoms with E-state index in [0.29, 0.717) is 42.7 Å². The number of nitrogens with one attached hydrogen (secondary N) is 1. The second kappa shape index (κ2) is 9.61. The molecule has 1 amide bonds. The van der Waals surface area contributed by atoms with Crippen LogP contribution in [0, 0.1) is 6.92 Å². The van der Waals surface area contributed by atoms with E-state index < -0.39 is 0 Å². The maximum Gasteiger partial charge on any atom is 0.252 e. The van der Waals surface area contributed by atoms with Gasteiger partial charge in [-0.1, -0.05) is 18.2 Å². The molecule has 5 rings (SSSR count). The molecule has 3 heterocycles. The molecule has 1 saturated carbocycles. The summed E-state index contributed by atoms with van der Waals surface area (Å²) in [6.07, 6.45) is 3.91. The van der Waals surface area contributed by atoms with Crippen molar-refractivity contribution in [1.82, 2.24) is 25.1 Å². The summed E-state index contributed by atoms with van der Waals surface area (Å²) < 4.78 is 12.3. The Morgan fingerprint density at radius 3 is 2.68 bits per heavy atom. The number of aromatic nitrogens is 4. The molecule has 1 N–H and O–H groups in total. The number of rotatable bonds is 9. The number of amides is 1. The zero-order chi connectivity index (χ0) is 23.5. The molecule has 0 bridgehead atoms. The van der Waals surface area contributed by atoms with Gasteiger partial charge in [0, 0.05) is 31.5 Å². The van der Waals surface area contributed by atoms with E-state index >= 15 is 0 Å². The summed E-state index contributed by atoms with van der Waals surface area (Å²) in [6, 6.07) is 15.3. The number of aryl methyl sites for hydroxylation is 1. The van der Waals surface area contributed by atoms with E-state index in [-0.39, 0.29) is 5.91 Å². The average Bonchev–Trinajstić information content (AvgIpc) is 3.67. The fourth-order valence-corrected chi connectivity index (χ4v) is 3.94. The predicted molar refractivity (Wildman–Crippen MR) is 128 cm³/mol. The van der Waals surface area contributed by atoms with Gasteiger partial charge in [0.2, 0.25) is 0 Å². The topological polar surface area (TPSA) is 91.2 Å².